The molecule has 1 aliphatic carbocycles. The Balaban J connectivity index is 1.91. The third-order valence-electron chi connectivity index (χ3n) is 4.10. The van der Waals surface area contributed by atoms with Gasteiger partial charge in [0.1, 0.15) is 11.5 Å². The molecule has 0 amide bonds. The van der Waals surface area contributed by atoms with Gasteiger partial charge in [-0.1, -0.05) is 35.8 Å². The van der Waals surface area contributed by atoms with E-state index in [1.807, 2.05) is 31.2 Å². The molecule has 1 aromatic heterocycles. The Bertz CT molecular complexity index is 678. The number of nitrogens with zero attached hydrogens (tertiary/aromatic N) is 1. The van der Waals surface area contributed by atoms with Crippen LogP contribution in [-0.4, -0.2) is 17.7 Å². The minimum absolute atomic E-state index is 0.145. The van der Waals surface area contributed by atoms with Crippen LogP contribution in [0.3, 0.4) is 0 Å². The molecule has 0 bridgehead atoms. The van der Waals surface area contributed by atoms with Gasteiger partial charge in [-0.05, 0) is 31.4 Å². The molecule has 5 heteroatoms. The lowest BCUT2D eigenvalue weighted by molar-refractivity contribution is -0.148. The van der Waals surface area contributed by atoms with E-state index in [4.69, 9.17) is 20.9 Å². The van der Waals surface area contributed by atoms with E-state index in [1.54, 1.807) is 0 Å². The van der Waals surface area contributed by atoms with Crippen LogP contribution in [0.1, 0.15) is 37.5 Å². The lowest BCUT2D eigenvalue weighted by Gasteiger charge is -2.24. The standard InChI is InChI=1S/C17H18ClNO3/c1-3-21-17(20)12-8-10(2)15-14(9-12)22-19-16(15)11-4-6-13(18)7-5-11/h4-7,10,12H,3,8-9H2,1-2H3. The van der Waals surface area contributed by atoms with E-state index in [-0.39, 0.29) is 17.8 Å². The van der Waals surface area contributed by atoms with Crippen LogP contribution in [0.15, 0.2) is 28.8 Å². The highest BCUT2D eigenvalue weighted by Gasteiger charge is 2.35. The predicted molar refractivity (Wildman–Crippen MR) is 83.8 cm³/mol. The fraction of sp³-hybridized carbons (Fsp3) is 0.412. The summed E-state index contributed by atoms with van der Waals surface area (Å²) in [6.07, 6.45) is 1.31. The largest absolute Gasteiger partial charge is 0.466 e. The van der Waals surface area contributed by atoms with Gasteiger partial charge in [-0.2, -0.15) is 0 Å². The molecule has 2 aromatic rings. The van der Waals surface area contributed by atoms with Crippen molar-refractivity contribution >= 4 is 17.6 Å². The van der Waals surface area contributed by atoms with Crippen LogP contribution >= 0.6 is 11.6 Å². The predicted octanol–water partition coefficient (Wildman–Crippen LogP) is 4.22. The number of carbonyl (C=O) groups is 1. The van der Waals surface area contributed by atoms with E-state index >= 15 is 0 Å². The van der Waals surface area contributed by atoms with Crippen molar-refractivity contribution in [2.45, 2.75) is 32.6 Å². The van der Waals surface area contributed by atoms with Crippen molar-refractivity contribution in [3.63, 3.8) is 0 Å². The summed E-state index contributed by atoms with van der Waals surface area (Å²) in [7, 11) is 0. The fourth-order valence-corrected chi connectivity index (χ4v) is 3.22. The maximum Gasteiger partial charge on any atom is 0.309 e. The molecular weight excluding hydrogens is 302 g/mol. The SMILES string of the molecule is CCOC(=O)C1Cc2onc(-c3ccc(Cl)cc3)c2C(C)C1. The zero-order chi connectivity index (χ0) is 15.7. The summed E-state index contributed by atoms with van der Waals surface area (Å²) < 4.78 is 10.6. The first kappa shape index (κ1) is 15.1. The molecule has 0 N–H and O–H groups in total. The Labute approximate surface area is 134 Å². The molecule has 4 nitrogen and oxygen atoms in total. The van der Waals surface area contributed by atoms with Crippen molar-refractivity contribution in [1.82, 2.24) is 5.16 Å². The van der Waals surface area contributed by atoms with E-state index in [0.29, 0.717) is 18.1 Å². The molecular formula is C17H18ClNO3. The van der Waals surface area contributed by atoms with Crippen LogP contribution in [0, 0.1) is 5.92 Å². The van der Waals surface area contributed by atoms with Crippen LogP contribution in [0.4, 0.5) is 0 Å². The van der Waals surface area contributed by atoms with Crippen molar-refractivity contribution in [2.24, 2.45) is 5.92 Å². The number of hydrogen-bond donors (Lipinski definition) is 0. The topological polar surface area (TPSA) is 52.3 Å². The Hall–Kier alpha value is -1.81. The molecule has 22 heavy (non-hydrogen) atoms. The first-order chi connectivity index (χ1) is 10.6. The van der Waals surface area contributed by atoms with Gasteiger partial charge in [0.2, 0.25) is 0 Å². The summed E-state index contributed by atoms with van der Waals surface area (Å²) in [6.45, 7) is 4.33. The molecule has 0 spiro atoms. The van der Waals surface area contributed by atoms with Crippen molar-refractivity contribution in [1.29, 1.82) is 0 Å². The summed E-state index contributed by atoms with van der Waals surface area (Å²) in [5.41, 5.74) is 2.93. The highest BCUT2D eigenvalue weighted by Crippen LogP contribution is 2.40. The van der Waals surface area contributed by atoms with E-state index in [9.17, 15) is 4.79 Å². The van der Waals surface area contributed by atoms with Crippen molar-refractivity contribution < 1.29 is 14.1 Å². The summed E-state index contributed by atoms with van der Waals surface area (Å²) in [6, 6.07) is 7.55. The lowest BCUT2D eigenvalue weighted by atomic mass is 9.79. The molecule has 1 aliphatic rings. The maximum absolute atomic E-state index is 12.0. The van der Waals surface area contributed by atoms with Crippen LogP contribution in [0.2, 0.25) is 5.02 Å². The third kappa shape index (κ3) is 2.75. The number of halogens is 1. The first-order valence-electron chi connectivity index (χ1n) is 7.51. The minimum atomic E-state index is -0.149. The Morgan fingerprint density at radius 3 is 2.82 bits per heavy atom. The van der Waals surface area contributed by atoms with Crippen molar-refractivity contribution in [2.75, 3.05) is 6.61 Å². The average Bonchev–Trinajstić information content (AvgIpc) is 2.93. The van der Waals surface area contributed by atoms with Gasteiger partial charge < -0.3 is 9.26 Å². The zero-order valence-electron chi connectivity index (χ0n) is 12.6. The molecule has 0 aliphatic heterocycles. The highest BCUT2D eigenvalue weighted by atomic mass is 35.5. The molecule has 0 fully saturated rings. The molecule has 0 saturated carbocycles. The minimum Gasteiger partial charge on any atom is -0.466 e. The Morgan fingerprint density at radius 1 is 1.41 bits per heavy atom. The summed E-state index contributed by atoms with van der Waals surface area (Å²) in [4.78, 5) is 12.0. The number of fused-ring (bicyclic) bond motifs is 1. The van der Waals surface area contributed by atoms with E-state index in [1.165, 1.54) is 0 Å². The van der Waals surface area contributed by atoms with E-state index < -0.39 is 0 Å². The van der Waals surface area contributed by atoms with Crippen LogP contribution < -0.4 is 0 Å². The zero-order valence-corrected chi connectivity index (χ0v) is 13.4. The normalized spacial score (nSPS) is 20.5. The van der Waals surface area contributed by atoms with Gasteiger partial charge in [0.25, 0.3) is 0 Å². The third-order valence-corrected chi connectivity index (χ3v) is 4.35. The number of carbonyl (C=O) groups excluding carboxylic acids is 1. The van der Waals surface area contributed by atoms with Gasteiger partial charge in [-0.15, -0.1) is 0 Å². The first-order valence-corrected chi connectivity index (χ1v) is 7.89. The van der Waals surface area contributed by atoms with Crippen LogP contribution in [-0.2, 0) is 16.0 Å². The van der Waals surface area contributed by atoms with Crippen molar-refractivity contribution in [3.05, 3.63) is 40.6 Å². The quantitative estimate of drug-likeness (QED) is 0.795. The van der Waals surface area contributed by atoms with Crippen molar-refractivity contribution in [3.8, 4) is 11.3 Å². The molecule has 116 valence electrons. The summed E-state index contributed by atoms with van der Waals surface area (Å²) in [5, 5.41) is 4.91. The van der Waals surface area contributed by atoms with Gasteiger partial charge in [0.15, 0.2) is 0 Å². The van der Waals surface area contributed by atoms with E-state index in [2.05, 4.69) is 12.1 Å². The Kier molecular flexibility index (Phi) is 4.21. The second-order valence-corrected chi connectivity index (χ2v) is 6.10. The van der Waals surface area contributed by atoms with Crippen LogP contribution in [0.5, 0.6) is 0 Å². The smallest absolute Gasteiger partial charge is 0.309 e. The molecule has 3 rings (SSSR count). The van der Waals surface area contributed by atoms with E-state index in [0.717, 1.165) is 29.0 Å². The lowest BCUT2D eigenvalue weighted by Crippen LogP contribution is -2.25. The van der Waals surface area contributed by atoms with Gasteiger partial charge >= 0.3 is 5.97 Å². The van der Waals surface area contributed by atoms with Gasteiger partial charge in [-0.3, -0.25) is 4.79 Å². The molecule has 0 saturated heterocycles. The average molecular weight is 320 g/mol. The highest BCUT2D eigenvalue weighted by molar-refractivity contribution is 6.30. The molecule has 1 heterocycles. The number of ether oxygens (including phenoxy) is 1. The second kappa shape index (κ2) is 6.13. The molecule has 2 unspecified atom stereocenters. The molecule has 0 radical (unpaired) electrons. The fourth-order valence-electron chi connectivity index (χ4n) is 3.09. The Morgan fingerprint density at radius 2 is 2.14 bits per heavy atom. The molecule has 2 atom stereocenters. The van der Waals surface area contributed by atoms with Gasteiger partial charge in [-0.25, -0.2) is 0 Å². The number of aromatic nitrogens is 1. The summed E-state index contributed by atoms with van der Waals surface area (Å²) in [5.74, 6) is 0.703. The maximum atomic E-state index is 12.0. The van der Waals surface area contributed by atoms with Gasteiger partial charge in [0, 0.05) is 22.6 Å². The van der Waals surface area contributed by atoms with Gasteiger partial charge in [0.05, 0.1) is 12.5 Å². The van der Waals surface area contributed by atoms with Crippen LogP contribution in [0.25, 0.3) is 11.3 Å². The number of esters is 1. The summed E-state index contributed by atoms with van der Waals surface area (Å²) >= 11 is 5.93. The second-order valence-electron chi connectivity index (χ2n) is 5.66. The number of benzene rings is 1. The number of rotatable bonds is 3. The molecule has 1 aromatic carbocycles. The monoisotopic (exact) mass is 319 g/mol. The number of hydrogen-bond acceptors (Lipinski definition) is 4.